The summed E-state index contributed by atoms with van der Waals surface area (Å²) in [5, 5.41) is 9.17. The first kappa shape index (κ1) is 13.3. The molecule has 0 aliphatic heterocycles. The van der Waals surface area contributed by atoms with Gasteiger partial charge in [-0.2, -0.15) is 0 Å². The number of carboxylic acids is 1. The van der Waals surface area contributed by atoms with Gasteiger partial charge in [-0.3, -0.25) is 14.6 Å². The predicted molar refractivity (Wildman–Crippen MR) is 69.8 cm³/mol. The van der Waals surface area contributed by atoms with Gasteiger partial charge in [0.1, 0.15) is 11.6 Å². The number of carbonyl (C=O) groups is 2. The minimum absolute atomic E-state index is 0.137. The molecule has 0 spiro atoms. The third-order valence-electron chi connectivity index (χ3n) is 2.58. The molecular weight excluding hydrogens is 268 g/mol. The lowest BCUT2D eigenvalue weighted by molar-refractivity contribution is -0.133. The Hall–Kier alpha value is -2.09. The Labute approximate surface area is 112 Å². The lowest BCUT2D eigenvalue weighted by Gasteiger charge is -2.13. The molecule has 1 atom stereocenters. The molecule has 2 heterocycles. The number of carbonyl (C=O) groups excluding carboxylic acids is 1. The molecule has 2 aromatic rings. The van der Waals surface area contributed by atoms with E-state index >= 15 is 0 Å². The van der Waals surface area contributed by atoms with Gasteiger partial charge >= 0.3 is 5.97 Å². The van der Waals surface area contributed by atoms with Gasteiger partial charge in [-0.05, 0) is 13.0 Å². The predicted octanol–water partition coefficient (Wildman–Crippen LogP) is 0.654. The van der Waals surface area contributed by atoms with E-state index in [2.05, 4.69) is 9.97 Å². The fraction of sp³-hybridized carbons (Fsp3) is 0.273. The second-order valence-electron chi connectivity index (χ2n) is 3.89. The summed E-state index contributed by atoms with van der Waals surface area (Å²) in [5.74, 6) is -1.59. The summed E-state index contributed by atoms with van der Waals surface area (Å²) in [6.45, 7) is 1.65. The number of pyridine rings is 1. The monoisotopic (exact) mass is 280 g/mol. The fourth-order valence-electron chi connectivity index (χ4n) is 1.66. The van der Waals surface area contributed by atoms with Crippen molar-refractivity contribution in [3.8, 4) is 0 Å². The van der Waals surface area contributed by atoms with Crippen LogP contribution in [0.5, 0.6) is 0 Å². The van der Waals surface area contributed by atoms with Crippen molar-refractivity contribution in [3.63, 3.8) is 0 Å². The number of primary amides is 1. The molecule has 0 aromatic carbocycles. The summed E-state index contributed by atoms with van der Waals surface area (Å²) in [6, 6.07) is 1.11. The number of rotatable bonds is 5. The molecule has 0 aliphatic rings. The summed E-state index contributed by atoms with van der Waals surface area (Å²) >= 11 is 1.04. The Bertz CT molecular complexity index is 640. The van der Waals surface area contributed by atoms with Gasteiger partial charge in [-0.25, -0.2) is 4.98 Å². The van der Waals surface area contributed by atoms with E-state index in [1.54, 1.807) is 30.0 Å². The van der Waals surface area contributed by atoms with E-state index in [-0.39, 0.29) is 5.75 Å². The molecule has 0 saturated heterocycles. The molecule has 0 fully saturated rings. The fourth-order valence-corrected chi connectivity index (χ4v) is 2.47. The molecule has 7 nitrogen and oxygen atoms in total. The van der Waals surface area contributed by atoms with Gasteiger partial charge in [0.15, 0.2) is 5.16 Å². The number of imidazole rings is 1. The molecule has 2 rings (SSSR count). The second kappa shape index (κ2) is 5.27. The van der Waals surface area contributed by atoms with Gasteiger partial charge in [-0.15, -0.1) is 0 Å². The van der Waals surface area contributed by atoms with Crippen molar-refractivity contribution < 1.29 is 14.7 Å². The van der Waals surface area contributed by atoms with Crippen molar-refractivity contribution in [2.75, 3.05) is 5.75 Å². The third-order valence-corrected chi connectivity index (χ3v) is 3.52. The van der Waals surface area contributed by atoms with Crippen molar-refractivity contribution >= 4 is 34.7 Å². The normalized spacial score (nSPS) is 12.5. The van der Waals surface area contributed by atoms with Crippen molar-refractivity contribution in [1.82, 2.24) is 14.5 Å². The van der Waals surface area contributed by atoms with E-state index in [9.17, 15) is 9.59 Å². The first-order valence-corrected chi connectivity index (χ1v) is 6.45. The standard InChI is InChI=1S/C11H12N4O3S/c1-6(10(12)18)15-8-2-3-13-4-7(8)14-11(15)19-5-9(16)17/h2-4,6H,5H2,1H3,(H2,12,18)(H,16,17). The van der Waals surface area contributed by atoms with Crippen molar-refractivity contribution in [2.45, 2.75) is 18.1 Å². The van der Waals surface area contributed by atoms with Gasteiger partial charge in [0.2, 0.25) is 5.91 Å². The van der Waals surface area contributed by atoms with Gasteiger partial charge in [0.05, 0.1) is 17.5 Å². The number of hydrogen-bond acceptors (Lipinski definition) is 5. The highest BCUT2D eigenvalue weighted by Crippen LogP contribution is 2.27. The van der Waals surface area contributed by atoms with E-state index in [1.807, 2.05) is 0 Å². The zero-order chi connectivity index (χ0) is 14.0. The first-order valence-electron chi connectivity index (χ1n) is 5.46. The van der Waals surface area contributed by atoms with Crippen molar-refractivity contribution in [3.05, 3.63) is 18.5 Å². The minimum Gasteiger partial charge on any atom is -0.481 e. The van der Waals surface area contributed by atoms with Crippen LogP contribution in [0.4, 0.5) is 0 Å². The molecule has 8 heteroatoms. The molecule has 0 aliphatic carbocycles. The Morgan fingerprint density at radius 1 is 1.58 bits per heavy atom. The van der Waals surface area contributed by atoms with E-state index in [0.717, 1.165) is 11.8 Å². The van der Waals surface area contributed by atoms with Crippen LogP contribution < -0.4 is 5.73 Å². The topological polar surface area (TPSA) is 111 Å². The van der Waals surface area contributed by atoms with Crippen LogP contribution in [0.25, 0.3) is 11.0 Å². The van der Waals surface area contributed by atoms with Crippen LogP contribution in [0.1, 0.15) is 13.0 Å². The highest BCUT2D eigenvalue weighted by atomic mass is 32.2. The number of aromatic nitrogens is 3. The van der Waals surface area contributed by atoms with Crippen LogP contribution in [0, 0.1) is 0 Å². The molecule has 0 bridgehead atoms. The molecular formula is C11H12N4O3S. The summed E-state index contributed by atoms with van der Waals surface area (Å²) in [5.41, 5.74) is 6.62. The van der Waals surface area contributed by atoms with Crippen LogP contribution in [-0.4, -0.2) is 37.3 Å². The van der Waals surface area contributed by atoms with Crippen LogP contribution in [0.15, 0.2) is 23.6 Å². The number of thioether (sulfide) groups is 1. The highest BCUT2D eigenvalue weighted by Gasteiger charge is 2.20. The molecule has 100 valence electrons. The molecule has 19 heavy (non-hydrogen) atoms. The quantitative estimate of drug-likeness (QED) is 0.778. The van der Waals surface area contributed by atoms with Crippen LogP contribution in [-0.2, 0) is 9.59 Å². The molecule has 1 unspecified atom stereocenters. The van der Waals surface area contributed by atoms with Crippen molar-refractivity contribution in [1.29, 1.82) is 0 Å². The zero-order valence-electron chi connectivity index (χ0n) is 10.1. The van der Waals surface area contributed by atoms with E-state index < -0.39 is 17.9 Å². The summed E-state index contributed by atoms with van der Waals surface area (Å²) < 4.78 is 1.63. The number of nitrogens with zero attached hydrogens (tertiary/aromatic N) is 3. The Kier molecular flexibility index (Phi) is 3.70. The SMILES string of the molecule is CC(C(N)=O)n1c(SCC(=O)O)nc2cnccc21. The maximum absolute atomic E-state index is 11.4. The average molecular weight is 280 g/mol. The minimum atomic E-state index is -0.951. The number of fused-ring (bicyclic) bond motifs is 1. The number of carboxylic acid groups (broad SMARTS) is 1. The maximum atomic E-state index is 11.4. The van der Waals surface area contributed by atoms with Gasteiger partial charge in [0.25, 0.3) is 0 Å². The smallest absolute Gasteiger partial charge is 0.313 e. The number of amides is 1. The Balaban J connectivity index is 2.51. The summed E-state index contributed by atoms with van der Waals surface area (Å²) in [4.78, 5) is 30.2. The average Bonchev–Trinajstić information content (AvgIpc) is 2.73. The summed E-state index contributed by atoms with van der Waals surface area (Å²) in [7, 11) is 0. The Morgan fingerprint density at radius 3 is 2.95 bits per heavy atom. The number of hydrogen-bond donors (Lipinski definition) is 2. The van der Waals surface area contributed by atoms with Gasteiger partial charge < -0.3 is 15.4 Å². The lowest BCUT2D eigenvalue weighted by Crippen LogP contribution is -2.24. The van der Waals surface area contributed by atoms with Crippen LogP contribution >= 0.6 is 11.8 Å². The van der Waals surface area contributed by atoms with Gasteiger partial charge in [0, 0.05) is 6.20 Å². The molecule has 3 N–H and O–H groups in total. The molecule has 0 radical (unpaired) electrons. The maximum Gasteiger partial charge on any atom is 0.313 e. The number of nitrogens with two attached hydrogens (primary N) is 1. The number of aliphatic carboxylic acids is 1. The lowest BCUT2D eigenvalue weighted by atomic mass is 10.3. The first-order chi connectivity index (χ1) is 9.00. The second-order valence-corrected chi connectivity index (χ2v) is 4.83. The van der Waals surface area contributed by atoms with Crippen molar-refractivity contribution in [2.24, 2.45) is 5.73 Å². The largest absolute Gasteiger partial charge is 0.481 e. The summed E-state index contributed by atoms with van der Waals surface area (Å²) in [6.07, 6.45) is 3.14. The van der Waals surface area contributed by atoms with E-state index in [0.29, 0.717) is 16.2 Å². The van der Waals surface area contributed by atoms with Gasteiger partial charge in [-0.1, -0.05) is 11.8 Å². The highest BCUT2D eigenvalue weighted by molar-refractivity contribution is 7.99. The molecule has 0 saturated carbocycles. The van der Waals surface area contributed by atoms with Crippen LogP contribution in [0.2, 0.25) is 0 Å². The Morgan fingerprint density at radius 2 is 2.32 bits per heavy atom. The molecule has 2 aromatic heterocycles. The van der Waals surface area contributed by atoms with E-state index in [1.165, 1.54) is 0 Å². The zero-order valence-corrected chi connectivity index (χ0v) is 10.9. The van der Waals surface area contributed by atoms with Crippen LogP contribution in [0.3, 0.4) is 0 Å². The van der Waals surface area contributed by atoms with E-state index in [4.69, 9.17) is 10.8 Å². The third kappa shape index (κ3) is 2.68. The molecule has 1 amide bonds.